The molecule has 1 heterocycles. The summed E-state index contributed by atoms with van der Waals surface area (Å²) in [5.74, 6) is -0.355. The first-order valence-corrected chi connectivity index (χ1v) is 7.36. The van der Waals surface area contributed by atoms with Crippen LogP contribution >= 0.6 is 12.2 Å². The quantitative estimate of drug-likeness (QED) is 0.658. The van der Waals surface area contributed by atoms with Crippen molar-refractivity contribution in [2.75, 3.05) is 4.90 Å². The lowest BCUT2D eigenvalue weighted by atomic mass is 10.1. The number of para-hydroxylation sites is 1. The number of alkyl halides is 3. The van der Waals surface area contributed by atoms with Crippen LogP contribution < -0.4 is 10.2 Å². The van der Waals surface area contributed by atoms with Gasteiger partial charge >= 0.3 is 6.18 Å². The summed E-state index contributed by atoms with van der Waals surface area (Å²) in [6.45, 7) is 0. The summed E-state index contributed by atoms with van der Waals surface area (Å²) >= 11 is 5.17. The standard InChI is InChI=1S/C17H11F3N2OS/c18-17(19,20)12-8-6-11(7-9-12)10-14-15(23)22(16(24)21-14)13-4-2-1-3-5-13/h1-10H,(H,21,24)/b14-10+. The number of thiocarbonyl (C=S) groups is 1. The SMILES string of the molecule is O=C1/C(=C\c2ccc(C(F)(F)F)cc2)NC(=S)N1c1ccccc1. The van der Waals surface area contributed by atoms with Gasteiger partial charge in [-0.25, -0.2) is 0 Å². The minimum absolute atomic E-state index is 0.212. The summed E-state index contributed by atoms with van der Waals surface area (Å²) in [7, 11) is 0. The Morgan fingerprint density at radius 2 is 1.62 bits per heavy atom. The molecule has 0 saturated carbocycles. The van der Waals surface area contributed by atoms with Gasteiger partial charge in [0.15, 0.2) is 5.11 Å². The van der Waals surface area contributed by atoms with Gasteiger partial charge in [-0.1, -0.05) is 30.3 Å². The monoisotopic (exact) mass is 348 g/mol. The highest BCUT2D eigenvalue weighted by Crippen LogP contribution is 2.29. The van der Waals surface area contributed by atoms with E-state index in [9.17, 15) is 18.0 Å². The summed E-state index contributed by atoms with van der Waals surface area (Å²) in [6, 6.07) is 13.4. The normalized spacial score (nSPS) is 16.6. The first kappa shape index (κ1) is 16.2. The van der Waals surface area contributed by atoms with Gasteiger partial charge in [-0.05, 0) is 48.1 Å². The summed E-state index contributed by atoms with van der Waals surface area (Å²) in [5, 5.41) is 3.02. The third-order valence-electron chi connectivity index (χ3n) is 3.44. The molecule has 1 saturated heterocycles. The Morgan fingerprint density at radius 1 is 1.00 bits per heavy atom. The summed E-state index contributed by atoms with van der Waals surface area (Å²) in [6.07, 6.45) is -2.92. The number of anilines is 1. The zero-order valence-corrected chi connectivity index (χ0v) is 13.0. The van der Waals surface area contributed by atoms with Crippen molar-refractivity contribution in [2.45, 2.75) is 6.18 Å². The maximum atomic E-state index is 12.6. The van der Waals surface area contributed by atoms with Gasteiger partial charge in [-0.15, -0.1) is 0 Å². The van der Waals surface area contributed by atoms with Crippen LogP contribution in [-0.2, 0) is 11.0 Å². The molecule has 0 unspecified atom stereocenters. The highest BCUT2D eigenvalue weighted by Gasteiger charge is 2.32. The van der Waals surface area contributed by atoms with Gasteiger partial charge in [0.05, 0.1) is 11.3 Å². The second-order valence-electron chi connectivity index (χ2n) is 5.08. The predicted octanol–water partition coefficient (Wildman–Crippen LogP) is 3.97. The Labute approximate surface area is 141 Å². The minimum Gasteiger partial charge on any atom is -0.327 e. The van der Waals surface area contributed by atoms with E-state index in [4.69, 9.17) is 12.2 Å². The van der Waals surface area contributed by atoms with Gasteiger partial charge in [0.1, 0.15) is 5.70 Å². The van der Waals surface area contributed by atoms with Crippen LogP contribution in [0.2, 0.25) is 0 Å². The van der Waals surface area contributed by atoms with E-state index in [1.54, 1.807) is 24.3 Å². The molecule has 24 heavy (non-hydrogen) atoms. The zero-order chi connectivity index (χ0) is 17.3. The van der Waals surface area contributed by atoms with E-state index in [0.29, 0.717) is 11.3 Å². The minimum atomic E-state index is -4.39. The number of nitrogens with zero attached hydrogens (tertiary/aromatic N) is 1. The fraction of sp³-hybridized carbons (Fsp3) is 0.0588. The largest absolute Gasteiger partial charge is 0.416 e. The van der Waals surface area contributed by atoms with Gasteiger partial charge in [0.2, 0.25) is 0 Å². The second-order valence-corrected chi connectivity index (χ2v) is 5.47. The van der Waals surface area contributed by atoms with Crippen molar-refractivity contribution in [1.29, 1.82) is 0 Å². The molecule has 2 aromatic carbocycles. The van der Waals surface area contributed by atoms with E-state index >= 15 is 0 Å². The van der Waals surface area contributed by atoms with E-state index in [2.05, 4.69) is 5.32 Å². The van der Waals surface area contributed by atoms with Gasteiger partial charge in [0, 0.05) is 0 Å². The van der Waals surface area contributed by atoms with Crippen molar-refractivity contribution in [3.05, 3.63) is 71.4 Å². The lowest BCUT2D eigenvalue weighted by molar-refractivity contribution is -0.137. The van der Waals surface area contributed by atoms with Crippen LogP contribution in [0.15, 0.2) is 60.3 Å². The fourth-order valence-corrected chi connectivity index (χ4v) is 2.58. The average Bonchev–Trinajstić information content (AvgIpc) is 2.82. The van der Waals surface area contributed by atoms with Crippen molar-refractivity contribution < 1.29 is 18.0 Å². The van der Waals surface area contributed by atoms with E-state index in [0.717, 1.165) is 12.1 Å². The Kier molecular flexibility index (Phi) is 4.11. The molecule has 1 N–H and O–H groups in total. The fourth-order valence-electron chi connectivity index (χ4n) is 2.28. The molecule has 1 fully saturated rings. The maximum Gasteiger partial charge on any atom is 0.416 e. The molecule has 0 radical (unpaired) electrons. The number of rotatable bonds is 2. The molecule has 0 atom stereocenters. The number of carbonyl (C=O) groups excluding carboxylic acids is 1. The van der Waals surface area contributed by atoms with Crippen molar-refractivity contribution in [3.63, 3.8) is 0 Å². The molecular formula is C17H11F3N2OS. The molecule has 0 aromatic heterocycles. The molecule has 0 spiro atoms. The van der Waals surface area contributed by atoms with Gasteiger partial charge < -0.3 is 5.32 Å². The molecule has 7 heteroatoms. The first-order chi connectivity index (χ1) is 11.4. The van der Waals surface area contributed by atoms with E-state index in [-0.39, 0.29) is 16.7 Å². The van der Waals surface area contributed by atoms with Crippen LogP contribution in [0.4, 0.5) is 18.9 Å². The van der Waals surface area contributed by atoms with Crippen molar-refractivity contribution in [2.24, 2.45) is 0 Å². The molecule has 1 aliphatic heterocycles. The highest BCUT2D eigenvalue weighted by molar-refractivity contribution is 7.80. The average molecular weight is 348 g/mol. The smallest absolute Gasteiger partial charge is 0.327 e. The van der Waals surface area contributed by atoms with Crippen LogP contribution in [0.1, 0.15) is 11.1 Å². The highest BCUT2D eigenvalue weighted by atomic mass is 32.1. The number of amides is 1. The van der Waals surface area contributed by atoms with E-state index < -0.39 is 11.7 Å². The number of benzene rings is 2. The van der Waals surface area contributed by atoms with Crippen LogP contribution in [0.5, 0.6) is 0 Å². The van der Waals surface area contributed by atoms with Crippen molar-refractivity contribution >= 4 is 35.0 Å². The van der Waals surface area contributed by atoms with Crippen molar-refractivity contribution in [1.82, 2.24) is 5.32 Å². The lowest BCUT2D eigenvalue weighted by Gasteiger charge is -2.13. The van der Waals surface area contributed by atoms with Crippen LogP contribution in [0, 0.1) is 0 Å². The molecule has 2 aromatic rings. The molecular weight excluding hydrogens is 337 g/mol. The summed E-state index contributed by atoms with van der Waals surface area (Å²) in [4.78, 5) is 13.8. The van der Waals surface area contributed by atoms with Crippen molar-refractivity contribution in [3.8, 4) is 0 Å². The molecule has 3 rings (SSSR count). The number of halogens is 3. The Hall–Kier alpha value is -2.67. The number of hydrogen-bond donors (Lipinski definition) is 1. The Bertz CT molecular complexity index is 814. The van der Waals surface area contributed by atoms with E-state index in [1.807, 2.05) is 6.07 Å². The number of carbonyl (C=O) groups is 1. The lowest BCUT2D eigenvalue weighted by Crippen LogP contribution is -2.30. The molecule has 122 valence electrons. The van der Waals surface area contributed by atoms with Crippen LogP contribution in [0.25, 0.3) is 6.08 Å². The molecule has 0 aliphatic carbocycles. The summed E-state index contributed by atoms with van der Waals surface area (Å²) in [5.41, 5.74) is 0.563. The van der Waals surface area contributed by atoms with Gasteiger partial charge in [0.25, 0.3) is 5.91 Å². The van der Waals surface area contributed by atoms with Crippen LogP contribution in [-0.4, -0.2) is 11.0 Å². The maximum absolute atomic E-state index is 12.6. The zero-order valence-electron chi connectivity index (χ0n) is 12.2. The topological polar surface area (TPSA) is 32.3 Å². The third kappa shape index (κ3) is 3.16. The van der Waals surface area contributed by atoms with E-state index in [1.165, 1.54) is 23.1 Å². The molecule has 0 bridgehead atoms. The van der Waals surface area contributed by atoms with Gasteiger partial charge in [-0.2, -0.15) is 13.2 Å². The van der Waals surface area contributed by atoms with Crippen LogP contribution in [0.3, 0.4) is 0 Å². The third-order valence-corrected chi connectivity index (χ3v) is 3.73. The molecule has 3 nitrogen and oxygen atoms in total. The Morgan fingerprint density at radius 3 is 2.21 bits per heavy atom. The van der Waals surface area contributed by atoms with Gasteiger partial charge in [-0.3, -0.25) is 9.69 Å². The summed E-state index contributed by atoms with van der Waals surface area (Å²) < 4.78 is 37.7. The first-order valence-electron chi connectivity index (χ1n) is 6.96. The molecule has 1 amide bonds. The Balaban J connectivity index is 1.87. The second kappa shape index (κ2) is 6.09. The number of hydrogen-bond acceptors (Lipinski definition) is 2. The number of nitrogens with one attached hydrogen (secondary N) is 1. The predicted molar refractivity (Wildman–Crippen MR) is 89.1 cm³/mol. The molecule has 1 aliphatic rings.